The Bertz CT molecular complexity index is 1570. The van der Waals surface area contributed by atoms with Gasteiger partial charge in [-0.05, 0) is 138 Å². The van der Waals surface area contributed by atoms with Crippen LogP contribution >= 0.6 is 0 Å². The lowest BCUT2D eigenvalue weighted by Gasteiger charge is -2.24. The molecule has 0 heterocycles. The average Bonchev–Trinajstić information content (AvgIpc) is 4.02. The predicted octanol–water partition coefficient (Wildman–Crippen LogP) is 20.0. The molecule has 0 amide bonds. The Balaban J connectivity index is -0.00000118. The fraction of sp³-hybridized carbons (Fsp3) is 0.724. The Hall–Kier alpha value is -2.75. The summed E-state index contributed by atoms with van der Waals surface area (Å²) in [6, 6.07) is 0. The van der Waals surface area contributed by atoms with Crippen LogP contribution in [0.25, 0.3) is 5.57 Å². The van der Waals surface area contributed by atoms with Gasteiger partial charge in [-0.1, -0.05) is 173 Å². The second-order valence-electron chi connectivity index (χ2n) is 19.8. The molecular formula is C58H105FN2O. The highest BCUT2D eigenvalue weighted by Crippen LogP contribution is 2.49. The molecule has 0 aromatic heterocycles. The van der Waals surface area contributed by atoms with E-state index >= 15 is 4.39 Å². The second kappa shape index (κ2) is 32.8. The molecule has 1 N–H and O–H groups in total. The minimum atomic E-state index is -0.466. The van der Waals surface area contributed by atoms with Crippen LogP contribution in [0, 0.1) is 39.8 Å². The van der Waals surface area contributed by atoms with Gasteiger partial charge >= 0.3 is 0 Å². The number of ether oxygens (including phenoxy) is 1. The van der Waals surface area contributed by atoms with Crippen molar-refractivity contribution in [3.05, 3.63) is 68.6 Å². The van der Waals surface area contributed by atoms with Crippen LogP contribution in [0.1, 0.15) is 253 Å². The van der Waals surface area contributed by atoms with E-state index in [4.69, 9.17) is 9.73 Å². The lowest BCUT2D eigenvalue weighted by Crippen LogP contribution is -2.17. The molecule has 1 aromatic rings. The Morgan fingerprint density at radius 3 is 1.53 bits per heavy atom. The van der Waals surface area contributed by atoms with Crippen LogP contribution in [0.15, 0.2) is 45.5 Å². The molecule has 0 radical (unpaired) electrons. The molecule has 62 heavy (non-hydrogen) atoms. The molecule has 4 heteroatoms. The molecule has 2 unspecified atom stereocenters. The van der Waals surface area contributed by atoms with Crippen LogP contribution in [0.2, 0.25) is 0 Å². The molecule has 0 saturated heterocycles. The summed E-state index contributed by atoms with van der Waals surface area (Å²) >= 11 is 0. The van der Waals surface area contributed by atoms with Gasteiger partial charge in [-0.15, -0.1) is 0 Å². The SMILES string of the molecule is C=C(C)c1c(CC)c(CC)c(C(=N)/C(C(C)=C(C)C)=C(C)\C(C)=C/C)c(F)c1N=C(C)OCC1(CC)CC1.CC.CCC(C)C.CCC(C)CCC(C)CC.CCCC(C)(C)C. The average molecular weight is 865 g/mol. The van der Waals surface area contributed by atoms with Crippen molar-refractivity contribution in [2.75, 3.05) is 6.61 Å². The summed E-state index contributed by atoms with van der Waals surface area (Å²) in [5.41, 5.74) is 9.89. The first-order chi connectivity index (χ1) is 28.8. The predicted molar refractivity (Wildman–Crippen MR) is 283 cm³/mol. The van der Waals surface area contributed by atoms with Crippen LogP contribution in [0.3, 0.4) is 0 Å². The van der Waals surface area contributed by atoms with Crippen LogP contribution in [-0.2, 0) is 17.6 Å². The maximum atomic E-state index is 16.8. The molecule has 1 aromatic carbocycles. The van der Waals surface area contributed by atoms with Gasteiger partial charge in [0.15, 0.2) is 11.7 Å². The van der Waals surface area contributed by atoms with Crippen molar-refractivity contribution >= 4 is 22.9 Å². The van der Waals surface area contributed by atoms with E-state index in [1.54, 1.807) is 6.92 Å². The van der Waals surface area contributed by atoms with E-state index in [0.717, 1.165) is 74.3 Å². The van der Waals surface area contributed by atoms with Crippen molar-refractivity contribution in [1.29, 1.82) is 5.41 Å². The van der Waals surface area contributed by atoms with Crippen LogP contribution in [0.5, 0.6) is 0 Å². The zero-order valence-electron chi connectivity index (χ0n) is 45.9. The Kier molecular flexibility index (Phi) is 33.7. The maximum absolute atomic E-state index is 16.8. The van der Waals surface area contributed by atoms with E-state index in [-0.39, 0.29) is 16.8 Å². The molecule has 360 valence electrons. The number of rotatable bonds is 18. The van der Waals surface area contributed by atoms with Crippen molar-refractivity contribution in [1.82, 2.24) is 0 Å². The second-order valence-corrected chi connectivity index (χ2v) is 19.8. The standard InChI is InChI=1S/C34H49FN2O.C10H22.C7H16.C5H12.C2H6/c1-13-22(9)24(11)29(23(10)20(5)6)32(36)30-27(15-3)26(14-2)28(21(7)8)33(31(30)35)37-25(12)38-19-34(16-4)17-18-34;1-5-9(3)7-8-10(4)6-2;1-5-6-7(2,3)4;1-4-5(2)3;1-2/h13,36H,7,14-19H2,1-6,8-12H3;9-10H,5-8H2,1-4H3;5-6H2,1-4H3;5H,4H2,1-3H3;1-2H3/b22-13-,29-24-,36-32?,37-25?;;;;. The number of halogens is 1. The number of hydrogen-bond donors (Lipinski definition) is 1. The fourth-order valence-electron chi connectivity index (χ4n) is 6.81. The molecule has 2 rings (SSSR count). The number of allylic oxidation sites excluding steroid dienone is 7. The highest BCUT2D eigenvalue weighted by atomic mass is 19.1. The van der Waals surface area contributed by atoms with E-state index in [2.05, 4.69) is 96.6 Å². The summed E-state index contributed by atoms with van der Waals surface area (Å²) in [6.45, 7) is 55.9. The third-order valence-electron chi connectivity index (χ3n) is 12.7. The summed E-state index contributed by atoms with van der Waals surface area (Å²) < 4.78 is 22.9. The zero-order valence-corrected chi connectivity index (χ0v) is 45.9. The molecule has 1 aliphatic rings. The van der Waals surface area contributed by atoms with Gasteiger partial charge in [-0.3, -0.25) is 5.41 Å². The fourth-order valence-corrected chi connectivity index (χ4v) is 6.81. The zero-order chi connectivity index (χ0) is 49.1. The van der Waals surface area contributed by atoms with Crippen LogP contribution in [0.4, 0.5) is 10.1 Å². The Morgan fingerprint density at radius 2 is 1.24 bits per heavy atom. The van der Waals surface area contributed by atoms with Crippen molar-refractivity contribution in [3.8, 4) is 0 Å². The van der Waals surface area contributed by atoms with Gasteiger partial charge in [0.1, 0.15) is 5.69 Å². The van der Waals surface area contributed by atoms with Crippen LogP contribution in [-0.4, -0.2) is 18.2 Å². The number of nitrogens with zero attached hydrogens (tertiary/aromatic N) is 1. The van der Waals surface area contributed by atoms with E-state index < -0.39 is 5.82 Å². The lowest BCUT2D eigenvalue weighted by atomic mass is 9.81. The molecule has 0 spiro atoms. The topological polar surface area (TPSA) is 45.4 Å². The van der Waals surface area contributed by atoms with Crippen molar-refractivity contribution in [2.24, 2.45) is 33.6 Å². The molecule has 1 saturated carbocycles. The van der Waals surface area contributed by atoms with Gasteiger partial charge in [0.25, 0.3) is 0 Å². The van der Waals surface area contributed by atoms with E-state index in [1.165, 1.54) is 57.8 Å². The van der Waals surface area contributed by atoms with Crippen molar-refractivity contribution < 1.29 is 9.13 Å². The highest BCUT2D eigenvalue weighted by molar-refractivity contribution is 6.16. The van der Waals surface area contributed by atoms with Gasteiger partial charge in [0, 0.05) is 29.0 Å². The van der Waals surface area contributed by atoms with E-state index in [1.807, 2.05) is 75.3 Å². The monoisotopic (exact) mass is 865 g/mol. The minimum Gasteiger partial charge on any atom is -0.480 e. The molecule has 2 atom stereocenters. The van der Waals surface area contributed by atoms with Gasteiger partial charge in [0.05, 0.1) is 12.3 Å². The van der Waals surface area contributed by atoms with Crippen molar-refractivity contribution in [3.63, 3.8) is 0 Å². The van der Waals surface area contributed by atoms with Gasteiger partial charge < -0.3 is 4.74 Å². The minimum absolute atomic E-state index is 0.206. The summed E-state index contributed by atoms with van der Waals surface area (Å²) in [4.78, 5) is 4.73. The highest BCUT2D eigenvalue weighted by Gasteiger charge is 2.41. The molecule has 0 aliphatic heterocycles. The number of nitrogens with one attached hydrogen (secondary N) is 1. The first-order valence-electron chi connectivity index (χ1n) is 25.1. The van der Waals surface area contributed by atoms with Gasteiger partial charge in [-0.25, -0.2) is 9.38 Å². The number of hydrogen-bond acceptors (Lipinski definition) is 3. The summed E-state index contributed by atoms with van der Waals surface area (Å²) in [5, 5.41) is 9.46. The summed E-state index contributed by atoms with van der Waals surface area (Å²) in [7, 11) is 0. The van der Waals surface area contributed by atoms with E-state index in [9.17, 15) is 5.41 Å². The molecule has 3 nitrogen and oxygen atoms in total. The first-order valence-corrected chi connectivity index (χ1v) is 25.1. The largest absolute Gasteiger partial charge is 0.480 e. The van der Waals surface area contributed by atoms with Gasteiger partial charge in [-0.2, -0.15) is 0 Å². The van der Waals surface area contributed by atoms with Crippen molar-refractivity contribution in [2.45, 2.75) is 243 Å². The number of aliphatic imine (C=N–C) groups is 1. The molecular weight excluding hydrogens is 760 g/mol. The number of benzene rings is 1. The van der Waals surface area contributed by atoms with E-state index in [0.29, 0.717) is 36.3 Å². The van der Waals surface area contributed by atoms with Gasteiger partial charge in [0.2, 0.25) is 0 Å². The third kappa shape index (κ3) is 23.3. The quantitative estimate of drug-likeness (QED) is 0.0892. The normalized spacial score (nSPS) is 14.5. The third-order valence-corrected chi connectivity index (χ3v) is 12.7. The Morgan fingerprint density at radius 1 is 0.790 bits per heavy atom. The molecule has 1 aliphatic carbocycles. The lowest BCUT2D eigenvalue weighted by molar-refractivity contribution is 0.217. The molecule has 0 bridgehead atoms. The Labute approximate surface area is 388 Å². The van der Waals surface area contributed by atoms with Crippen LogP contribution < -0.4 is 0 Å². The molecule has 1 fully saturated rings. The first kappa shape index (κ1) is 63.5. The smallest absolute Gasteiger partial charge is 0.185 e. The summed E-state index contributed by atoms with van der Waals surface area (Å²) in [5.74, 6) is 2.75. The maximum Gasteiger partial charge on any atom is 0.185 e. The summed E-state index contributed by atoms with van der Waals surface area (Å²) in [6.07, 6.45) is 16.2.